The molecule has 0 bridgehead atoms. The Morgan fingerprint density at radius 3 is 2.69 bits per heavy atom. The molecule has 0 aromatic heterocycles. The van der Waals surface area contributed by atoms with Gasteiger partial charge in [-0.15, -0.1) is 0 Å². The summed E-state index contributed by atoms with van der Waals surface area (Å²) in [5, 5.41) is 0. The minimum absolute atomic E-state index is 0.485. The molecular formula is C28H46S. The van der Waals surface area contributed by atoms with Crippen molar-refractivity contribution in [2.24, 2.45) is 29.1 Å². The van der Waals surface area contributed by atoms with E-state index >= 15 is 0 Å². The lowest BCUT2D eigenvalue weighted by Crippen LogP contribution is -2.39. The Balaban J connectivity index is 1.74. The lowest BCUT2D eigenvalue weighted by molar-refractivity contribution is 0.0590. The molecule has 0 aromatic carbocycles. The van der Waals surface area contributed by atoms with Crippen molar-refractivity contribution < 1.29 is 0 Å². The van der Waals surface area contributed by atoms with Crippen LogP contribution in [0.4, 0.5) is 0 Å². The van der Waals surface area contributed by atoms with E-state index in [9.17, 15) is 0 Å². The van der Waals surface area contributed by atoms with E-state index in [1.54, 1.807) is 11.1 Å². The second kappa shape index (κ2) is 10.3. The van der Waals surface area contributed by atoms with E-state index < -0.39 is 0 Å². The van der Waals surface area contributed by atoms with Crippen LogP contribution in [0.15, 0.2) is 22.8 Å². The number of hydrogen-bond donors (Lipinski definition) is 0. The van der Waals surface area contributed by atoms with E-state index in [1.807, 2.05) is 5.57 Å². The fourth-order valence-corrected chi connectivity index (χ4v) is 7.42. The van der Waals surface area contributed by atoms with E-state index in [4.69, 9.17) is 12.2 Å². The van der Waals surface area contributed by atoms with Crippen molar-refractivity contribution >= 4 is 17.1 Å². The molecule has 0 heterocycles. The van der Waals surface area contributed by atoms with Crippen molar-refractivity contribution in [1.82, 2.24) is 0 Å². The molecule has 3 fully saturated rings. The summed E-state index contributed by atoms with van der Waals surface area (Å²) >= 11 is 5.54. The lowest BCUT2D eigenvalue weighted by Gasteiger charge is -2.47. The molecule has 0 aliphatic heterocycles. The SMILES string of the molecule is CC[C@H]1CCC2(C)/C(=C(\C)CCCC(C)C)CC[C@H]2[C@@H]1C/C=C1\CCCC(=S)C1. The highest BCUT2D eigenvalue weighted by Crippen LogP contribution is 2.61. The van der Waals surface area contributed by atoms with E-state index in [1.165, 1.54) is 81.9 Å². The molecule has 0 N–H and O–H groups in total. The maximum atomic E-state index is 5.54. The van der Waals surface area contributed by atoms with Crippen LogP contribution >= 0.6 is 12.2 Å². The zero-order valence-corrected chi connectivity index (χ0v) is 20.8. The molecule has 3 aliphatic rings. The van der Waals surface area contributed by atoms with Crippen LogP contribution in [0.5, 0.6) is 0 Å². The molecule has 0 aromatic rings. The monoisotopic (exact) mass is 414 g/mol. The summed E-state index contributed by atoms with van der Waals surface area (Å²) in [5.74, 6) is 3.57. The maximum absolute atomic E-state index is 5.54. The third-order valence-electron chi connectivity index (χ3n) is 8.80. The zero-order valence-electron chi connectivity index (χ0n) is 20.0. The van der Waals surface area contributed by atoms with Crippen LogP contribution in [0.25, 0.3) is 0 Å². The molecule has 1 unspecified atom stereocenters. The molecule has 3 saturated carbocycles. The number of hydrogen-bond acceptors (Lipinski definition) is 1. The van der Waals surface area contributed by atoms with Gasteiger partial charge in [0, 0.05) is 0 Å². The van der Waals surface area contributed by atoms with Gasteiger partial charge < -0.3 is 0 Å². The molecule has 29 heavy (non-hydrogen) atoms. The van der Waals surface area contributed by atoms with Crippen molar-refractivity contribution in [1.29, 1.82) is 0 Å². The van der Waals surface area contributed by atoms with Gasteiger partial charge in [0.05, 0.1) is 0 Å². The first-order valence-corrected chi connectivity index (χ1v) is 13.1. The van der Waals surface area contributed by atoms with Gasteiger partial charge in [-0.3, -0.25) is 0 Å². The lowest BCUT2D eigenvalue weighted by atomic mass is 9.57. The number of allylic oxidation sites excluding steroid dienone is 4. The Kier molecular flexibility index (Phi) is 8.22. The molecule has 0 amide bonds. The van der Waals surface area contributed by atoms with Gasteiger partial charge in [-0.1, -0.05) is 75.5 Å². The third-order valence-corrected chi connectivity index (χ3v) is 9.15. The Morgan fingerprint density at radius 1 is 1.21 bits per heavy atom. The first kappa shape index (κ1) is 23.2. The van der Waals surface area contributed by atoms with Gasteiger partial charge >= 0.3 is 0 Å². The second-order valence-electron chi connectivity index (χ2n) is 11.1. The van der Waals surface area contributed by atoms with Gasteiger partial charge in [-0.2, -0.15) is 0 Å². The van der Waals surface area contributed by atoms with Crippen LogP contribution in [0, 0.1) is 29.1 Å². The molecule has 164 valence electrons. The Bertz CT molecular complexity index is 637. The molecule has 4 atom stereocenters. The van der Waals surface area contributed by atoms with Gasteiger partial charge in [-0.05, 0) is 112 Å². The van der Waals surface area contributed by atoms with Gasteiger partial charge in [-0.25, -0.2) is 0 Å². The summed E-state index contributed by atoms with van der Waals surface area (Å²) in [6, 6.07) is 0. The largest absolute Gasteiger partial charge is 0.0893 e. The zero-order chi connectivity index (χ0) is 21.0. The highest BCUT2D eigenvalue weighted by atomic mass is 32.1. The first-order chi connectivity index (χ1) is 13.8. The first-order valence-electron chi connectivity index (χ1n) is 12.7. The summed E-state index contributed by atoms with van der Waals surface area (Å²) in [4.78, 5) is 1.30. The van der Waals surface area contributed by atoms with Crippen LogP contribution < -0.4 is 0 Å². The smallest absolute Gasteiger partial charge is 0.000315 e. The normalized spacial score (nSPS) is 36.0. The van der Waals surface area contributed by atoms with Crippen molar-refractivity contribution in [2.45, 2.75) is 118 Å². The highest BCUT2D eigenvalue weighted by molar-refractivity contribution is 7.80. The average molecular weight is 415 g/mol. The second-order valence-corrected chi connectivity index (χ2v) is 11.7. The van der Waals surface area contributed by atoms with Crippen LogP contribution in [-0.4, -0.2) is 4.86 Å². The molecule has 0 radical (unpaired) electrons. The van der Waals surface area contributed by atoms with E-state index in [2.05, 4.69) is 40.7 Å². The van der Waals surface area contributed by atoms with E-state index in [0.717, 1.165) is 30.1 Å². The van der Waals surface area contributed by atoms with Gasteiger partial charge in [0.25, 0.3) is 0 Å². The van der Waals surface area contributed by atoms with Crippen LogP contribution in [0.1, 0.15) is 118 Å². The molecule has 1 heteroatoms. The Hall–Kier alpha value is -0.430. The number of rotatable bonds is 7. The summed E-state index contributed by atoms with van der Waals surface area (Å²) in [6.07, 6.45) is 20.0. The summed E-state index contributed by atoms with van der Waals surface area (Å²) in [5.41, 5.74) is 5.76. The Labute approximate surface area is 187 Å². The number of thiocarbonyl (C=S) groups is 1. The molecule has 0 saturated heterocycles. The van der Waals surface area contributed by atoms with Crippen LogP contribution in [-0.2, 0) is 0 Å². The molecule has 3 aliphatic carbocycles. The fourth-order valence-electron chi connectivity index (χ4n) is 7.09. The third kappa shape index (κ3) is 5.44. The average Bonchev–Trinajstić information content (AvgIpc) is 3.03. The van der Waals surface area contributed by atoms with Crippen molar-refractivity contribution in [2.75, 3.05) is 0 Å². The molecule has 0 nitrogen and oxygen atoms in total. The van der Waals surface area contributed by atoms with Gasteiger partial charge in [0.15, 0.2) is 0 Å². The van der Waals surface area contributed by atoms with Gasteiger partial charge in [0.1, 0.15) is 0 Å². The quantitative estimate of drug-likeness (QED) is 0.295. The summed E-state index contributed by atoms with van der Waals surface area (Å²) < 4.78 is 0. The molecule has 0 spiro atoms. The number of fused-ring (bicyclic) bond motifs is 1. The summed E-state index contributed by atoms with van der Waals surface area (Å²) in [7, 11) is 0. The molecular weight excluding hydrogens is 368 g/mol. The van der Waals surface area contributed by atoms with E-state index in [-0.39, 0.29) is 0 Å². The van der Waals surface area contributed by atoms with Crippen molar-refractivity contribution in [3.05, 3.63) is 22.8 Å². The van der Waals surface area contributed by atoms with Gasteiger partial charge in [0.2, 0.25) is 0 Å². The van der Waals surface area contributed by atoms with E-state index in [0.29, 0.717) is 5.41 Å². The predicted octanol–water partition coefficient (Wildman–Crippen LogP) is 9.24. The predicted molar refractivity (Wildman–Crippen MR) is 132 cm³/mol. The van der Waals surface area contributed by atoms with Crippen LogP contribution in [0.2, 0.25) is 0 Å². The standard InChI is InChI=1S/C28H46S/c1-6-23-17-18-28(5)26(21(4)10-7-9-20(2)3)15-16-27(28)25(23)14-13-22-11-8-12-24(29)19-22/h13,20,23,25,27H,6-12,14-19H2,1-5H3/b22-13+,26-21+/t23-,25+,27-,28?/m0/s1. The van der Waals surface area contributed by atoms with Crippen molar-refractivity contribution in [3.63, 3.8) is 0 Å². The highest BCUT2D eigenvalue weighted by Gasteiger charge is 2.50. The fraction of sp³-hybridized carbons (Fsp3) is 0.821. The Morgan fingerprint density at radius 2 is 2.00 bits per heavy atom. The summed E-state index contributed by atoms with van der Waals surface area (Å²) in [6.45, 7) is 12.3. The minimum Gasteiger partial charge on any atom is -0.0893 e. The van der Waals surface area contributed by atoms with Crippen molar-refractivity contribution in [3.8, 4) is 0 Å². The maximum Gasteiger partial charge on any atom is -0.000315 e. The van der Waals surface area contributed by atoms with Crippen LogP contribution in [0.3, 0.4) is 0 Å². The minimum atomic E-state index is 0.485. The molecule has 3 rings (SSSR count). The topological polar surface area (TPSA) is 0 Å².